The third-order valence-electron chi connectivity index (χ3n) is 7.58. The number of carbonyl (C=O) groups excluding carboxylic acids is 3. The molecule has 0 unspecified atom stereocenters. The molecule has 1 fully saturated rings. The summed E-state index contributed by atoms with van der Waals surface area (Å²) in [7, 11) is 0. The van der Waals surface area contributed by atoms with Crippen molar-refractivity contribution in [1.29, 1.82) is 0 Å². The van der Waals surface area contributed by atoms with Crippen LogP contribution >= 0.6 is 46.4 Å². The fourth-order valence-electron chi connectivity index (χ4n) is 6.02. The molecule has 1 aliphatic heterocycles. The number of alkyl halides is 2. The van der Waals surface area contributed by atoms with Crippen LogP contribution in [0, 0.1) is 11.8 Å². The van der Waals surface area contributed by atoms with Gasteiger partial charge in [-0.15, -0.1) is 23.2 Å². The minimum absolute atomic E-state index is 0.235. The highest BCUT2D eigenvalue weighted by Gasteiger charge is 2.73. The Morgan fingerprint density at radius 1 is 0.833 bits per heavy atom. The van der Waals surface area contributed by atoms with E-state index in [1.165, 1.54) is 13.0 Å². The standard InChI is InChI=1S/C27H18Cl4N2O3/c1-13(23(34)32-20-11-10-14(28)12-19(20)29)33-24(35)21-22(25(33)36)27(31)16-7-3-2-6-15(16)26(21,30)17-8-4-5-9-18(17)27/h2-13,21-22H,1H3,(H,32,34)/t13-,21-,22+,26?,27?/m1/s1. The first-order valence-electron chi connectivity index (χ1n) is 11.3. The van der Waals surface area contributed by atoms with Gasteiger partial charge >= 0.3 is 0 Å². The fourth-order valence-corrected chi connectivity index (χ4v) is 7.57. The average Bonchev–Trinajstić information content (AvgIpc) is 3.14. The minimum Gasteiger partial charge on any atom is -0.323 e. The Labute approximate surface area is 227 Å². The van der Waals surface area contributed by atoms with Crippen molar-refractivity contribution in [3.63, 3.8) is 0 Å². The molecule has 1 saturated heterocycles. The van der Waals surface area contributed by atoms with Crippen LogP contribution in [0.15, 0.2) is 66.7 Å². The van der Waals surface area contributed by atoms with E-state index in [4.69, 9.17) is 46.4 Å². The van der Waals surface area contributed by atoms with Gasteiger partial charge in [-0.25, -0.2) is 0 Å². The Bertz CT molecular complexity index is 1370. The second kappa shape index (κ2) is 7.96. The van der Waals surface area contributed by atoms with Crippen LogP contribution in [0.25, 0.3) is 0 Å². The lowest BCUT2D eigenvalue weighted by molar-refractivity contribution is -0.146. The summed E-state index contributed by atoms with van der Waals surface area (Å²) in [5, 5.41) is 3.33. The lowest BCUT2D eigenvalue weighted by Gasteiger charge is -2.54. The summed E-state index contributed by atoms with van der Waals surface area (Å²) >= 11 is 27.0. The molecule has 4 aliphatic rings. The number of carbonyl (C=O) groups is 3. The highest BCUT2D eigenvalue weighted by atomic mass is 35.5. The smallest absolute Gasteiger partial charge is 0.247 e. The van der Waals surface area contributed by atoms with Gasteiger partial charge in [0.15, 0.2) is 0 Å². The van der Waals surface area contributed by atoms with Crippen LogP contribution in [-0.2, 0) is 24.1 Å². The fraction of sp³-hybridized carbons (Fsp3) is 0.222. The van der Waals surface area contributed by atoms with Crippen LogP contribution in [0.2, 0.25) is 10.0 Å². The second-order valence-corrected chi connectivity index (χ2v) is 11.3. The van der Waals surface area contributed by atoms with Gasteiger partial charge in [-0.2, -0.15) is 0 Å². The maximum Gasteiger partial charge on any atom is 0.247 e. The zero-order chi connectivity index (χ0) is 25.6. The number of nitrogens with one attached hydrogen (secondary N) is 1. The van der Waals surface area contributed by atoms with Gasteiger partial charge in [0, 0.05) is 5.02 Å². The van der Waals surface area contributed by atoms with Crippen LogP contribution in [0.3, 0.4) is 0 Å². The monoisotopic (exact) mass is 558 g/mol. The van der Waals surface area contributed by atoms with Crippen LogP contribution < -0.4 is 5.32 Å². The molecule has 3 aromatic rings. The minimum atomic E-state index is -1.30. The summed E-state index contributed by atoms with van der Waals surface area (Å²) in [6, 6.07) is 18.3. The molecule has 5 nitrogen and oxygen atoms in total. The predicted molar refractivity (Wildman–Crippen MR) is 140 cm³/mol. The van der Waals surface area contributed by atoms with Crippen molar-refractivity contribution in [2.45, 2.75) is 22.7 Å². The summed E-state index contributed by atoms with van der Waals surface area (Å²) in [6.45, 7) is 1.50. The van der Waals surface area contributed by atoms with Crippen molar-refractivity contribution in [2.24, 2.45) is 11.8 Å². The highest BCUT2D eigenvalue weighted by molar-refractivity contribution is 6.37. The Morgan fingerprint density at radius 3 is 1.69 bits per heavy atom. The number of amides is 3. The van der Waals surface area contributed by atoms with E-state index >= 15 is 0 Å². The molecule has 3 atom stereocenters. The van der Waals surface area contributed by atoms with Gasteiger partial charge in [0.25, 0.3) is 0 Å². The average molecular weight is 560 g/mol. The second-order valence-electron chi connectivity index (χ2n) is 9.31. The third-order valence-corrected chi connectivity index (χ3v) is 9.41. The zero-order valence-corrected chi connectivity index (χ0v) is 21.8. The molecule has 2 bridgehead atoms. The summed E-state index contributed by atoms with van der Waals surface area (Å²) in [4.78, 5) is 39.5. The van der Waals surface area contributed by atoms with E-state index in [0.29, 0.717) is 33.0 Å². The lowest BCUT2D eigenvalue weighted by Crippen LogP contribution is -2.57. The van der Waals surface area contributed by atoms with Crippen LogP contribution in [0.1, 0.15) is 29.2 Å². The number of nitrogens with zero attached hydrogens (tertiary/aromatic N) is 1. The van der Waals surface area contributed by atoms with E-state index in [1.807, 2.05) is 48.5 Å². The number of likely N-dealkylation sites (tertiary alicyclic amines) is 1. The topological polar surface area (TPSA) is 66.5 Å². The molecule has 36 heavy (non-hydrogen) atoms. The molecule has 0 radical (unpaired) electrons. The van der Waals surface area contributed by atoms with E-state index < -0.39 is 45.3 Å². The molecule has 0 spiro atoms. The quantitative estimate of drug-likeness (QED) is 0.320. The number of imide groups is 1. The molecule has 7 rings (SSSR count). The van der Waals surface area contributed by atoms with Crippen LogP contribution in [-0.4, -0.2) is 28.7 Å². The zero-order valence-electron chi connectivity index (χ0n) is 18.8. The molecule has 3 aliphatic carbocycles. The van der Waals surface area contributed by atoms with E-state index in [-0.39, 0.29) is 5.02 Å². The van der Waals surface area contributed by atoms with E-state index in [2.05, 4.69) is 5.32 Å². The highest BCUT2D eigenvalue weighted by Crippen LogP contribution is 2.69. The largest absolute Gasteiger partial charge is 0.323 e. The summed E-state index contributed by atoms with van der Waals surface area (Å²) in [5.41, 5.74) is 3.13. The van der Waals surface area contributed by atoms with Crippen molar-refractivity contribution < 1.29 is 14.4 Å². The van der Waals surface area contributed by atoms with Gasteiger partial charge in [-0.3, -0.25) is 19.3 Å². The molecule has 0 aromatic heterocycles. The summed E-state index contributed by atoms with van der Waals surface area (Å²) in [5.74, 6) is -3.57. The molecule has 9 heteroatoms. The molecule has 3 amide bonds. The molecule has 3 aromatic carbocycles. The van der Waals surface area contributed by atoms with Crippen LogP contribution in [0.4, 0.5) is 5.69 Å². The van der Waals surface area contributed by atoms with Gasteiger partial charge in [-0.1, -0.05) is 71.7 Å². The summed E-state index contributed by atoms with van der Waals surface area (Å²) in [6.07, 6.45) is 0. The Hall–Kier alpha value is -2.57. The number of hydrogen-bond donors (Lipinski definition) is 1. The molecule has 1 N–H and O–H groups in total. The number of rotatable bonds is 3. The van der Waals surface area contributed by atoms with Crippen LogP contribution in [0.5, 0.6) is 0 Å². The summed E-state index contributed by atoms with van der Waals surface area (Å²) < 4.78 is 0. The Balaban J connectivity index is 1.44. The molecule has 0 saturated carbocycles. The molecule has 182 valence electrons. The molecule has 1 heterocycles. The van der Waals surface area contributed by atoms with Gasteiger partial charge in [0.1, 0.15) is 15.8 Å². The lowest BCUT2D eigenvalue weighted by atomic mass is 9.54. The van der Waals surface area contributed by atoms with Gasteiger partial charge in [0.05, 0.1) is 22.5 Å². The van der Waals surface area contributed by atoms with Crippen molar-refractivity contribution >= 4 is 69.8 Å². The normalized spacial score (nSPS) is 28.4. The Morgan fingerprint density at radius 2 is 1.28 bits per heavy atom. The van der Waals surface area contributed by atoms with Gasteiger partial charge in [0.2, 0.25) is 17.7 Å². The van der Waals surface area contributed by atoms with Gasteiger partial charge < -0.3 is 5.32 Å². The maximum atomic E-state index is 14.0. The number of benzene rings is 3. The number of hydrogen-bond acceptors (Lipinski definition) is 3. The molecular weight excluding hydrogens is 542 g/mol. The van der Waals surface area contributed by atoms with E-state index in [9.17, 15) is 14.4 Å². The first kappa shape index (κ1) is 23.8. The van der Waals surface area contributed by atoms with Gasteiger partial charge in [-0.05, 0) is 47.4 Å². The van der Waals surface area contributed by atoms with Crippen molar-refractivity contribution in [1.82, 2.24) is 4.90 Å². The third kappa shape index (κ3) is 2.89. The first-order chi connectivity index (χ1) is 17.1. The maximum absolute atomic E-state index is 14.0. The van der Waals surface area contributed by atoms with Crippen molar-refractivity contribution in [3.8, 4) is 0 Å². The Kier molecular flexibility index (Phi) is 5.27. The van der Waals surface area contributed by atoms with E-state index in [1.54, 1.807) is 12.1 Å². The SMILES string of the molecule is C[C@H](C(=O)Nc1ccc(Cl)cc1Cl)N1C(=O)[C@@H]2[C@H](C1=O)C1(Cl)c3ccccc3C2(Cl)c2ccccc21. The molecular formula is C27H18Cl4N2O3. The number of halogens is 4. The van der Waals surface area contributed by atoms with Crippen molar-refractivity contribution in [3.05, 3.63) is 99.0 Å². The predicted octanol–water partition coefficient (Wildman–Crippen LogP) is 5.91. The van der Waals surface area contributed by atoms with Crippen molar-refractivity contribution in [2.75, 3.05) is 5.32 Å². The first-order valence-corrected chi connectivity index (χ1v) is 12.8. The van der Waals surface area contributed by atoms with E-state index in [0.717, 1.165) is 4.90 Å². The number of anilines is 1.